The zero-order chi connectivity index (χ0) is 9.64. The van der Waals surface area contributed by atoms with E-state index in [2.05, 4.69) is 26.7 Å². The van der Waals surface area contributed by atoms with Crippen molar-refractivity contribution in [3.63, 3.8) is 0 Å². The highest BCUT2D eigenvalue weighted by molar-refractivity contribution is 5.12. The van der Waals surface area contributed by atoms with Crippen LogP contribution in [0.1, 0.15) is 5.56 Å². The van der Waals surface area contributed by atoms with E-state index in [4.69, 9.17) is 0 Å². The van der Waals surface area contributed by atoms with Crippen LogP contribution in [0.25, 0.3) is 0 Å². The third kappa shape index (κ3) is 2.40. The second kappa shape index (κ2) is 4.53. The molecule has 1 aromatic heterocycles. The molecule has 2 heterocycles. The molecule has 0 saturated heterocycles. The summed E-state index contributed by atoms with van der Waals surface area (Å²) in [4.78, 5) is 7.89. The Balaban J connectivity index is 1.83. The van der Waals surface area contributed by atoms with Gasteiger partial charge < -0.3 is 5.32 Å². The Morgan fingerprint density at radius 3 is 2.86 bits per heavy atom. The van der Waals surface area contributed by atoms with E-state index < -0.39 is 0 Å². The summed E-state index contributed by atoms with van der Waals surface area (Å²) >= 11 is 0. The Kier molecular flexibility index (Phi) is 2.88. The SMILES string of the molecule is C1=CNC(NCc2cncnc2)C=C1. The first-order valence-electron chi connectivity index (χ1n) is 4.52. The topological polar surface area (TPSA) is 49.8 Å². The van der Waals surface area contributed by atoms with E-state index in [1.807, 2.05) is 30.7 Å². The number of dihydropyridines is 1. The van der Waals surface area contributed by atoms with Crippen LogP contribution >= 0.6 is 0 Å². The molecule has 0 aromatic carbocycles. The van der Waals surface area contributed by atoms with Gasteiger partial charge in [0.25, 0.3) is 0 Å². The fourth-order valence-electron chi connectivity index (χ4n) is 1.22. The van der Waals surface area contributed by atoms with Crippen LogP contribution in [0.15, 0.2) is 43.1 Å². The van der Waals surface area contributed by atoms with Crippen LogP contribution in [0.4, 0.5) is 0 Å². The molecule has 14 heavy (non-hydrogen) atoms. The maximum absolute atomic E-state index is 3.94. The van der Waals surface area contributed by atoms with Crippen molar-refractivity contribution >= 4 is 0 Å². The first kappa shape index (κ1) is 8.90. The van der Waals surface area contributed by atoms with Crippen LogP contribution in [-0.4, -0.2) is 16.1 Å². The van der Waals surface area contributed by atoms with Crippen molar-refractivity contribution in [1.82, 2.24) is 20.6 Å². The number of rotatable bonds is 3. The summed E-state index contributed by atoms with van der Waals surface area (Å²) in [5.74, 6) is 0. The highest BCUT2D eigenvalue weighted by Crippen LogP contribution is 1.95. The van der Waals surface area contributed by atoms with Crippen LogP contribution in [0.2, 0.25) is 0 Å². The van der Waals surface area contributed by atoms with Gasteiger partial charge in [-0.1, -0.05) is 6.08 Å². The molecule has 0 saturated carbocycles. The molecule has 1 unspecified atom stereocenters. The van der Waals surface area contributed by atoms with Gasteiger partial charge >= 0.3 is 0 Å². The summed E-state index contributed by atoms with van der Waals surface area (Å²) in [7, 11) is 0. The van der Waals surface area contributed by atoms with Crippen LogP contribution in [0.5, 0.6) is 0 Å². The molecule has 72 valence electrons. The molecule has 0 radical (unpaired) electrons. The van der Waals surface area contributed by atoms with Gasteiger partial charge in [-0.25, -0.2) is 9.97 Å². The van der Waals surface area contributed by atoms with E-state index in [0.29, 0.717) is 0 Å². The predicted octanol–water partition coefficient (Wildman–Crippen LogP) is 0.565. The molecular formula is C10H12N4. The van der Waals surface area contributed by atoms with Crippen molar-refractivity contribution in [2.45, 2.75) is 12.7 Å². The molecule has 0 fully saturated rings. The van der Waals surface area contributed by atoms with E-state index in [-0.39, 0.29) is 6.17 Å². The highest BCUT2D eigenvalue weighted by atomic mass is 15.1. The van der Waals surface area contributed by atoms with Gasteiger partial charge in [0.15, 0.2) is 0 Å². The Morgan fingerprint density at radius 1 is 1.29 bits per heavy atom. The summed E-state index contributed by atoms with van der Waals surface area (Å²) in [5.41, 5.74) is 1.08. The summed E-state index contributed by atoms with van der Waals surface area (Å²) in [5, 5.41) is 6.48. The van der Waals surface area contributed by atoms with Crippen molar-refractivity contribution in [2.75, 3.05) is 0 Å². The lowest BCUT2D eigenvalue weighted by Gasteiger charge is -2.16. The molecule has 1 aliphatic heterocycles. The first-order valence-corrected chi connectivity index (χ1v) is 4.52. The molecule has 0 aliphatic carbocycles. The van der Waals surface area contributed by atoms with Crippen molar-refractivity contribution in [2.24, 2.45) is 0 Å². The van der Waals surface area contributed by atoms with Crippen LogP contribution in [-0.2, 0) is 6.54 Å². The summed E-state index contributed by atoms with van der Waals surface area (Å²) in [6, 6.07) is 0. The van der Waals surface area contributed by atoms with Gasteiger partial charge in [0.2, 0.25) is 0 Å². The van der Waals surface area contributed by atoms with Gasteiger partial charge in [-0.15, -0.1) is 0 Å². The van der Waals surface area contributed by atoms with Crippen LogP contribution in [0.3, 0.4) is 0 Å². The molecule has 2 N–H and O–H groups in total. The Labute approximate surface area is 82.8 Å². The van der Waals surface area contributed by atoms with Gasteiger partial charge in [-0.3, -0.25) is 5.32 Å². The largest absolute Gasteiger partial charge is 0.372 e. The van der Waals surface area contributed by atoms with Crippen LogP contribution in [0, 0.1) is 0 Å². The lowest BCUT2D eigenvalue weighted by Crippen LogP contribution is -2.38. The number of aromatic nitrogens is 2. The minimum atomic E-state index is 0.195. The maximum Gasteiger partial charge on any atom is 0.115 e. The smallest absolute Gasteiger partial charge is 0.115 e. The highest BCUT2D eigenvalue weighted by Gasteiger charge is 2.02. The predicted molar refractivity (Wildman–Crippen MR) is 54.1 cm³/mol. The first-order chi connectivity index (χ1) is 6.95. The standard InChI is InChI=1S/C10H12N4/c1-2-4-13-10(3-1)14-7-9-5-11-8-12-6-9/h1-6,8,10,13-14H,7H2. The lowest BCUT2D eigenvalue weighted by molar-refractivity contribution is 0.544. The van der Waals surface area contributed by atoms with E-state index in [1.165, 1.54) is 6.33 Å². The molecule has 1 aliphatic rings. The van der Waals surface area contributed by atoms with Crippen molar-refractivity contribution in [1.29, 1.82) is 0 Å². The molecule has 4 nitrogen and oxygen atoms in total. The van der Waals surface area contributed by atoms with Crippen LogP contribution < -0.4 is 10.6 Å². The fraction of sp³-hybridized carbons (Fsp3) is 0.200. The van der Waals surface area contributed by atoms with E-state index in [1.54, 1.807) is 0 Å². The van der Waals surface area contributed by atoms with Gasteiger partial charge in [-0.05, 0) is 18.4 Å². The number of allylic oxidation sites excluding steroid dienone is 2. The minimum Gasteiger partial charge on any atom is -0.372 e. The normalized spacial score (nSPS) is 19.3. The Morgan fingerprint density at radius 2 is 2.14 bits per heavy atom. The second-order valence-electron chi connectivity index (χ2n) is 3.02. The summed E-state index contributed by atoms with van der Waals surface area (Å²) in [6.07, 6.45) is 13.3. The molecular weight excluding hydrogens is 176 g/mol. The Hall–Kier alpha value is -1.68. The van der Waals surface area contributed by atoms with Crippen molar-refractivity contribution in [3.8, 4) is 0 Å². The van der Waals surface area contributed by atoms with Gasteiger partial charge in [0.1, 0.15) is 6.33 Å². The molecule has 0 spiro atoms. The number of hydrogen-bond acceptors (Lipinski definition) is 4. The zero-order valence-electron chi connectivity index (χ0n) is 7.72. The van der Waals surface area contributed by atoms with Crippen molar-refractivity contribution in [3.05, 3.63) is 48.7 Å². The van der Waals surface area contributed by atoms with E-state index >= 15 is 0 Å². The molecule has 0 amide bonds. The average Bonchev–Trinajstić information content (AvgIpc) is 2.29. The van der Waals surface area contributed by atoms with Crippen molar-refractivity contribution < 1.29 is 0 Å². The molecule has 0 bridgehead atoms. The Bertz CT molecular complexity index is 331. The summed E-state index contributed by atoms with van der Waals surface area (Å²) < 4.78 is 0. The quantitative estimate of drug-likeness (QED) is 0.728. The monoisotopic (exact) mass is 188 g/mol. The van der Waals surface area contributed by atoms with Gasteiger partial charge in [0, 0.05) is 24.5 Å². The zero-order valence-corrected chi connectivity index (χ0v) is 7.72. The number of nitrogens with one attached hydrogen (secondary N) is 2. The number of hydrogen-bond donors (Lipinski definition) is 2. The van der Waals surface area contributed by atoms with Gasteiger partial charge in [0.05, 0.1) is 6.17 Å². The third-order valence-electron chi connectivity index (χ3n) is 1.93. The maximum atomic E-state index is 3.94. The molecule has 4 heteroatoms. The van der Waals surface area contributed by atoms with Gasteiger partial charge in [-0.2, -0.15) is 0 Å². The third-order valence-corrected chi connectivity index (χ3v) is 1.93. The molecule has 1 aromatic rings. The fourth-order valence-corrected chi connectivity index (χ4v) is 1.22. The lowest BCUT2D eigenvalue weighted by atomic mass is 10.3. The molecule has 1 atom stereocenters. The molecule has 2 rings (SSSR count). The van der Waals surface area contributed by atoms with E-state index in [0.717, 1.165) is 12.1 Å². The minimum absolute atomic E-state index is 0.195. The number of nitrogens with zero attached hydrogens (tertiary/aromatic N) is 2. The second-order valence-corrected chi connectivity index (χ2v) is 3.02. The summed E-state index contributed by atoms with van der Waals surface area (Å²) in [6.45, 7) is 0.761. The average molecular weight is 188 g/mol. The van der Waals surface area contributed by atoms with E-state index in [9.17, 15) is 0 Å².